The van der Waals surface area contributed by atoms with Crippen LogP contribution in [-0.4, -0.2) is 41.1 Å². The number of aryl methyl sites for hydroxylation is 1. The molecule has 136 valence electrons. The van der Waals surface area contributed by atoms with Gasteiger partial charge in [0.25, 0.3) is 0 Å². The number of oxime groups is 1. The Labute approximate surface area is 153 Å². The summed E-state index contributed by atoms with van der Waals surface area (Å²) in [6.07, 6.45) is 1.45. The molecule has 2 N–H and O–H groups in total. The summed E-state index contributed by atoms with van der Waals surface area (Å²) in [6, 6.07) is 12.4. The molecule has 2 unspecified atom stereocenters. The smallest absolute Gasteiger partial charge is 0.161 e. The number of aromatic hydroxyl groups is 1. The minimum Gasteiger partial charge on any atom is -0.504 e. The molecule has 0 aromatic heterocycles. The van der Waals surface area contributed by atoms with E-state index < -0.39 is 0 Å². The van der Waals surface area contributed by atoms with E-state index in [0.29, 0.717) is 12.2 Å². The van der Waals surface area contributed by atoms with E-state index in [2.05, 4.69) is 41.2 Å². The molecule has 0 spiro atoms. The fraction of sp³-hybridized carbons (Fsp3) is 0.381. The van der Waals surface area contributed by atoms with E-state index >= 15 is 0 Å². The Morgan fingerprint density at radius 3 is 2.81 bits per heavy atom. The summed E-state index contributed by atoms with van der Waals surface area (Å²) in [5.74, 6) is 0.860. The quantitative estimate of drug-likeness (QED) is 0.640. The van der Waals surface area contributed by atoms with Crippen molar-refractivity contribution in [2.24, 2.45) is 5.16 Å². The molecule has 0 aliphatic carbocycles. The van der Waals surface area contributed by atoms with Crippen molar-refractivity contribution in [3.63, 3.8) is 0 Å². The number of rotatable bonds is 2. The van der Waals surface area contributed by atoms with Gasteiger partial charge in [0.1, 0.15) is 0 Å². The number of hydrogen-bond donors (Lipinski definition) is 2. The standard InChI is InChI=1S/C21H24N2O3/c1-13-4-3-5-14(10-13)17-12-23-9-8-16-15(19(23)11-18(17)22-25)6-7-20(26-2)21(16)24/h3-7,10,17,19,24-25H,8-9,11-12H2,1-2H3. The molecule has 5 heteroatoms. The van der Waals surface area contributed by atoms with Gasteiger partial charge in [-0.1, -0.05) is 41.1 Å². The predicted molar refractivity (Wildman–Crippen MR) is 100 cm³/mol. The molecular weight excluding hydrogens is 328 g/mol. The number of hydrogen-bond acceptors (Lipinski definition) is 5. The fourth-order valence-corrected chi connectivity index (χ4v) is 4.41. The number of methoxy groups -OCH3 is 1. The maximum atomic E-state index is 10.5. The van der Waals surface area contributed by atoms with Gasteiger partial charge in [-0.2, -0.15) is 0 Å². The lowest BCUT2D eigenvalue weighted by Gasteiger charge is -2.44. The zero-order valence-corrected chi connectivity index (χ0v) is 15.1. The van der Waals surface area contributed by atoms with E-state index in [9.17, 15) is 10.3 Å². The molecule has 5 nitrogen and oxygen atoms in total. The lowest BCUT2D eigenvalue weighted by Crippen LogP contribution is -2.45. The minimum absolute atomic E-state index is 0.101. The van der Waals surface area contributed by atoms with Gasteiger partial charge < -0.3 is 15.1 Å². The Bertz CT molecular complexity index is 862. The molecule has 2 aliphatic rings. The monoisotopic (exact) mass is 352 g/mol. The average molecular weight is 352 g/mol. The Hall–Kier alpha value is -2.53. The molecule has 0 radical (unpaired) electrons. The van der Waals surface area contributed by atoms with Crippen molar-refractivity contribution in [1.82, 2.24) is 4.90 Å². The number of piperidine rings is 1. The van der Waals surface area contributed by atoms with E-state index in [0.717, 1.165) is 36.3 Å². The van der Waals surface area contributed by atoms with E-state index in [4.69, 9.17) is 4.74 Å². The minimum atomic E-state index is 0.101. The first kappa shape index (κ1) is 16.9. The van der Waals surface area contributed by atoms with Gasteiger partial charge in [0.05, 0.1) is 12.8 Å². The van der Waals surface area contributed by atoms with Crippen molar-refractivity contribution in [3.8, 4) is 11.5 Å². The van der Waals surface area contributed by atoms with Crippen LogP contribution < -0.4 is 4.74 Å². The highest BCUT2D eigenvalue weighted by Crippen LogP contribution is 2.44. The second-order valence-electron chi connectivity index (χ2n) is 7.21. The highest BCUT2D eigenvalue weighted by atomic mass is 16.5. The summed E-state index contributed by atoms with van der Waals surface area (Å²) in [6.45, 7) is 3.78. The summed E-state index contributed by atoms with van der Waals surface area (Å²) in [7, 11) is 1.57. The Balaban J connectivity index is 1.69. The first-order valence-corrected chi connectivity index (χ1v) is 9.02. The third-order valence-electron chi connectivity index (χ3n) is 5.75. The third-order valence-corrected chi connectivity index (χ3v) is 5.75. The van der Waals surface area contributed by atoms with Gasteiger partial charge in [-0.05, 0) is 30.5 Å². The topological polar surface area (TPSA) is 65.3 Å². The lowest BCUT2D eigenvalue weighted by molar-refractivity contribution is 0.165. The number of nitrogens with zero attached hydrogens (tertiary/aromatic N) is 2. The molecule has 0 amide bonds. The van der Waals surface area contributed by atoms with Gasteiger partial charge in [-0.15, -0.1) is 0 Å². The number of phenolic OH excluding ortho intramolecular Hbond substituents is 1. The molecular formula is C21H24N2O3. The SMILES string of the molecule is COc1ccc2c(c1O)CCN1CC(c3cccc(C)c3)C(=NO)CC21. The number of benzene rings is 2. The lowest BCUT2D eigenvalue weighted by atomic mass is 9.79. The van der Waals surface area contributed by atoms with Crippen LogP contribution in [0.3, 0.4) is 0 Å². The van der Waals surface area contributed by atoms with E-state index in [1.165, 1.54) is 11.1 Å². The Morgan fingerprint density at radius 1 is 1.23 bits per heavy atom. The van der Waals surface area contributed by atoms with Crippen LogP contribution in [0.25, 0.3) is 0 Å². The van der Waals surface area contributed by atoms with Crippen LogP contribution in [0.2, 0.25) is 0 Å². The van der Waals surface area contributed by atoms with Crippen LogP contribution in [-0.2, 0) is 6.42 Å². The molecule has 1 saturated heterocycles. The molecule has 2 atom stereocenters. The summed E-state index contributed by atoms with van der Waals surface area (Å²) in [5.41, 5.74) is 5.28. The van der Waals surface area contributed by atoms with E-state index in [-0.39, 0.29) is 17.7 Å². The van der Waals surface area contributed by atoms with Crippen LogP contribution in [0.15, 0.2) is 41.6 Å². The Morgan fingerprint density at radius 2 is 2.08 bits per heavy atom. The summed E-state index contributed by atoms with van der Waals surface area (Å²) >= 11 is 0. The molecule has 2 heterocycles. The van der Waals surface area contributed by atoms with Crippen molar-refractivity contribution in [2.75, 3.05) is 20.2 Å². The van der Waals surface area contributed by atoms with Crippen molar-refractivity contribution >= 4 is 5.71 Å². The molecule has 4 rings (SSSR count). The largest absolute Gasteiger partial charge is 0.504 e. The Kier molecular flexibility index (Phi) is 4.32. The van der Waals surface area contributed by atoms with Gasteiger partial charge in [0.15, 0.2) is 11.5 Å². The van der Waals surface area contributed by atoms with Crippen molar-refractivity contribution in [3.05, 3.63) is 58.7 Å². The van der Waals surface area contributed by atoms with Gasteiger partial charge in [0, 0.05) is 37.0 Å². The maximum absolute atomic E-state index is 10.5. The number of ether oxygens (including phenoxy) is 1. The van der Waals surface area contributed by atoms with Gasteiger partial charge in [-0.25, -0.2) is 0 Å². The average Bonchev–Trinajstić information content (AvgIpc) is 2.67. The predicted octanol–water partition coefficient (Wildman–Crippen LogP) is 3.63. The van der Waals surface area contributed by atoms with Gasteiger partial charge in [-0.3, -0.25) is 4.90 Å². The van der Waals surface area contributed by atoms with E-state index in [1.807, 2.05) is 12.1 Å². The van der Waals surface area contributed by atoms with Crippen LogP contribution in [0.5, 0.6) is 11.5 Å². The zero-order chi connectivity index (χ0) is 18.3. The summed E-state index contributed by atoms with van der Waals surface area (Å²) < 4.78 is 5.25. The van der Waals surface area contributed by atoms with Crippen LogP contribution in [0.4, 0.5) is 0 Å². The van der Waals surface area contributed by atoms with Gasteiger partial charge in [0.2, 0.25) is 0 Å². The van der Waals surface area contributed by atoms with Crippen LogP contribution in [0.1, 0.15) is 40.6 Å². The number of fused-ring (bicyclic) bond motifs is 3. The highest BCUT2D eigenvalue weighted by molar-refractivity contribution is 5.92. The fourth-order valence-electron chi connectivity index (χ4n) is 4.41. The molecule has 1 fully saturated rings. The number of phenols is 1. The van der Waals surface area contributed by atoms with Crippen molar-refractivity contribution in [2.45, 2.75) is 31.7 Å². The normalized spacial score (nSPS) is 24.2. The van der Waals surface area contributed by atoms with E-state index in [1.54, 1.807) is 7.11 Å². The first-order valence-electron chi connectivity index (χ1n) is 9.02. The maximum Gasteiger partial charge on any atom is 0.161 e. The molecule has 0 saturated carbocycles. The molecule has 2 aromatic carbocycles. The molecule has 0 bridgehead atoms. The van der Waals surface area contributed by atoms with Gasteiger partial charge >= 0.3 is 0 Å². The van der Waals surface area contributed by atoms with Crippen molar-refractivity contribution in [1.29, 1.82) is 0 Å². The van der Waals surface area contributed by atoms with Crippen molar-refractivity contribution < 1.29 is 15.1 Å². The first-order chi connectivity index (χ1) is 12.6. The summed E-state index contributed by atoms with van der Waals surface area (Å²) in [4.78, 5) is 2.44. The molecule has 26 heavy (non-hydrogen) atoms. The molecule has 2 aromatic rings. The summed E-state index contributed by atoms with van der Waals surface area (Å²) in [5, 5.41) is 23.8. The highest BCUT2D eigenvalue weighted by Gasteiger charge is 2.38. The second-order valence-corrected chi connectivity index (χ2v) is 7.21. The van der Waals surface area contributed by atoms with Crippen LogP contribution >= 0.6 is 0 Å². The third kappa shape index (κ3) is 2.72. The zero-order valence-electron chi connectivity index (χ0n) is 15.1. The molecule has 2 aliphatic heterocycles. The van der Waals surface area contributed by atoms with Crippen LogP contribution in [0, 0.1) is 6.92 Å². The second kappa shape index (κ2) is 6.65.